The smallest absolute Gasteiger partial charge is 0 e. The molecule has 0 aromatic heterocycles. The van der Waals surface area contributed by atoms with Crippen molar-refractivity contribution in [3.8, 4) is 0 Å². The Morgan fingerprint density at radius 3 is 2.00 bits per heavy atom. The van der Waals surface area contributed by atoms with Crippen LogP contribution in [-0.2, 0) is 25.8 Å². The van der Waals surface area contributed by atoms with Crippen LogP contribution < -0.4 is 0 Å². The van der Waals surface area contributed by atoms with E-state index in [-0.39, 0.29) is 50.7 Å². The summed E-state index contributed by atoms with van der Waals surface area (Å²) in [5.74, 6) is 0.655. The Morgan fingerprint density at radius 1 is 1.33 bits per heavy atom. The van der Waals surface area contributed by atoms with Crippen molar-refractivity contribution >= 4 is 24.8 Å². The molecule has 0 saturated carbocycles. The molecule has 12 heavy (non-hydrogen) atoms. The van der Waals surface area contributed by atoms with Crippen LogP contribution >= 0.6 is 24.8 Å². The number of allylic oxidation sites excluding steroid dienone is 4. The number of rotatable bonds is 1. The topological polar surface area (TPSA) is 0 Å². The zero-order valence-electron chi connectivity index (χ0n) is 7.68. The monoisotopic (exact) mass is 373 g/mol. The van der Waals surface area contributed by atoms with Gasteiger partial charge in [0.1, 0.15) is 0 Å². The van der Waals surface area contributed by atoms with Crippen molar-refractivity contribution in [1.82, 2.24) is 0 Å². The molecule has 0 atom stereocenters. The SMILES string of the molecule is CC1=CC(C(C)C)=[C-]C1.Cl.Cl.[Hf]. The largest absolute Gasteiger partial charge is 0.269 e. The second-order valence-electron chi connectivity index (χ2n) is 2.95. The maximum absolute atomic E-state index is 3.33. The quantitative estimate of drug-likeness (QED) is 0.488. The van der Waals surface area contributed by atoms with Gasteiger partial charge in [-0.3, -0.25) is 6.08 Å². The van der Waals surface area contributed by atoms with Crippen molar-refractivity contribution in [2.24, 2.45) is 5.92 Å². The predicted molar refractivity (Wildman–Crippen MR) is 54.5 cm³/mol. The van der Waals surface area contributed by atoms with E-state index in [0.29, 0.717) is 5.92 Å². The van der Waals surface area contributed by atoms with E-state index < -0.39 is 0 Å². The summed E-state index contributed by atoms with van der Waals surface area (Å²) in [6.45, 7) is 6.57. The van der Waals surface area contributed by atoms with Crippen LogP contribution in [-0.4, -0.2) is 0 Å². The van der Waals surface area contributed by atoms with E-state index in [1.54, 1.807) is 0 Å². The molecule has 0 heterocycles. The van der Waals surface area contributed by atoms with Gasteiger partial charge in [-0.1, -0.05) is 26.7 Å². The van der Waals surface area contributed by atoms with Gasteiger partial charge < -0.3 is 0 Å². The molecule has 1 aliphatic carbocycles. The van der Waals surface area contributed by atoms with E-state index in [0.717, 1.165) is 6.42 Å². The summed E-state index contributed by atoms with van der Waals surface area (Å²) in [4.78, 5) is 0. The van der Waals surface area contributed by atoms with Crippen LogP contribution in [0.5, 0.6) is 0 Å². The first kappa shape index (κ1) is 18.7. The van der Waals surface area contributed by atoms with Gasteiger partial charge >= 0.3 is 0 Å². The fourth-order valence-corrected chi connectivity index (χ4v) is 0.980. The van der Waals surface area contributed by atoms with E-state index in [1.807, 2.05) is 0 Å². The van der Waals surface area contributed by atoms with E-state index in [4.69, 9.17) is 0 Å². The van der Waals surface area contributed by atoms with Crippen molar-refractivity contribution in [3.05, 3.63) is 23.3 Å². The van der Waals surface area contributed by atoms with Crippen LogP contribution in [0, 0.1) is 12.0 Å². The summed E-state index contributed by atoms with van der Waals surface area (Å²) in [5, 5.41) is 0. The Bertz CT molecular complexity index is 171. The van der Waals surface area contributed by atoms with Crippen molar-refractivity contribution in [3.63, 3.8) is 0 Å². The fourth-order valence-electron chi connectivity index (χ4n) is 0.980. The van der Waals surface area contributed by atoms with Crippen LogP contribution in [0.15, 0.2) is 17.2 Å². The number of hydrogen-bond donors (Lipinski definition) is 0. The average molecular weight is 373 g/mol. The van der Waals surface area contributed by atoms with Crippen molar-refractivity contribution in [2.75, 3.05) is 0 Å². The van der Waals surface area contributed by atoms with Crippen molar-refractivity contribution < 1.29 is 25.8 Å². The standard InChI is InChI=1S/C9H13.2ClH.Hf/c1-7(2)9-5-4-8(3)6-9;;;/h6-7H,4H2,1-3H3;2*1H;/q-1;;;. The third-order valence-electron chi connectivity index (χ3n) is 1.60. The van der Waals surface area contributed by atoms with Gasteiger partial charge in [0.15, 0.2) is 0 Å². The molecule has 0 amide bonds. The first-order valence-corrected chi connectivity index (χ1v) is 3.48. The fraction of sp³-hybridized carbons (Fsp3) is 0.556. The minimum Gasteiger partial charge on any atom is -0.269 e. The third-order valence-corrected chi connectivity index (χ3v) is 1.60. The second kappa shape index (κ2) is 8.52. The Labute approximate surface area is 106 Å². The van der Waals surface area contributed by atoms with Crippen LogP contribution in [0.4, 0.5) is 0 Å². The first-order chi connectivity index (χ1) is 4.20. The van der Waals surface area contributed by atoms with E-state index >= 15 is 0 Å². The summed E-state index contributed by atoms with van der Waals surface area (Å²) < 4.78 is 0. The van der Waals surface area contributed by atoms with Gasteiger partial charge in [-0.15, -0.1) is 31.2 Å². The molecule has 0 unspecified atom stereocenters. The molecule has 0 bridgehead atoms. The summed E-state index contributed by atoms with van der Waals surface area (Å²) in [6, 6.07) is 0. The van der Waals surface area contributed by atoms with E-state index in [9.17, 15) is 0 Å². The van der Waals surface area contributed by atoms with Gasteiger partial charge in [-0.25, -0.2) is 11.6 Å². The molecule has 0 saturated heterocycles. The van der Waals surface area contributed by atoms with Crippen LogP contribution in [0.1, 0.15) is 27.2 Å². The Morgan fingerprint density at radius 2 is 1.83 bits per heavy atom. The molecule has 0 fully saturated rings. The molecule has 1 rings (SSSR count). The van der Waals surface area contributed by atoms with Crippen LogP contribution in [0.25, 0.3) is 0 Å². The molecule has 3 heteroatoms. The average Bonchev–Trinajstić information content (AvgIpc) is 2.14. The normalized spacial score (nSPS) is 13.7. The van der Waals surface area contributed by atoms with Gasteiger partial charge in [0.25, 0.3) is 0 Å². The molecule has 0 aromatic rings. The molecule has 70 valence electrons. The summed E-state index contributed by atoms with van der Waals surface area (Å²) in [7, 11) is 0. The number of hydrogen-bond acceptors (Lipinski definition) is 0. The zero-order valence-corrected chi connectivity index (χ0v) is 12.9. The van der Waals surface area contributed by atoms with E-state index in [2.05, 4.69) is 32.9 Å². The Balaban J connectivity index is -0.000000270. The molecule has 0 radical (unpaired) electrons. The van der Waals surface area contributed by atoms with Crippen molar-refractivity contribution in [1.29, 1.82) is 0 Å². The summed E-state index contributed by atoms with van der Waals surface area (Å²) in [6.07, 6.45) is 6.62. The molecule has 0 nitrogen and oxygen atoms in total. The minimum atomic E-state index is 0. The number of halogens is 2. The van der Waals surface area contributed by atoms with Gasteiger partial charge in [-0.05, 0) is 0 Å². The van der Waals surface area contributed by atoms with Gasteiger partial charge in [0.2, 0.25) is 0 Å². The molecule has 0 aliphatic heterocycles. The molecular weight excluding hydrogens is 357 g/mol. The third kappa shape index (κ3) is 5.55. The molecular formula is C9H15Cl2Hf-. The second-order valence-corrected chi connectivity index (χ2v) is 2.95. The summed E-state index contributed by atoms with van der Waals surface area (Å²) >= 11 is 0. The van der Waals surface area contributed by atoms with Gasteiger partial charge in [0.05, 0.1) is 0 Å². The Kier molecular flexibility index (Phi) is 13.3. The molecule has 1 aliphatic rings. The van der Waals surface area contributed by atoms with Gasteiger partial charge in [-0.2, -0.15) is 5.57 Å². The Hall–Kier alpha value is 0.930. The maximum Gasteiger partial charge on any atom is 0 e. The predicted octanol–water partition coefficient (Wildman–Crippen LogP) is 3.56. The molecule has 0 spiro atoms. The van der Waals surface area contributed by atoms with Crippen LogP contribution in [0.3, 0.4) is 0 Å². The maximum atomic E-state index is 3.33. The zero-order chi connectivity index (χ0) is 6.85. The molecule has 0 aromatic carbocycles. The molecule has 0 N–H and O–H groups in total. The van der Waals surface area contributed by atoms with E-state index in [1.165, 1.54) is 11.1 Å². The first-order valence-electron chi connectivity index (χ1n) is 3.48. The van der Waals surface area contributed by atoms with Crippen molar-refractivity contribution in [2.45, 2.75) is 27.2 Å². The summed E-state index contributed by atoms with van der Waals surface area (Å²) in [5.41, 5.74) is 2.83. The van der Waals surface area contributed by atoms with Crippen LogP contribution in [0.2, 0.25) is 0 Å². The minimum absolute atomic E-state index is 0. The van der Waals surface area contributed by atoms with Gasteiger partial charge in [0, 0.05) is 25.8 Å².